The Balaban J connectivity index is 0.00000364. The molecule has 1 aliphatic rings. The fraction of sp³-hybridized carbons (Fsp3) is 0.579. The quantitative estimate of drug-likeness (QED) is 0.615. The summed E-state index contributed by atoms with van der Waals surface area (Å²) in [6.45, 7) is 2.51. The molecule has 27 heavy (non-hydrogen) atoms. The summed E-state index contributed by atoms with van der Waals surface area (Å²) in [5.41, 5.74) is 6.03. The lowest BCUT2D eigenvalue weighted by Gasteiger charge is -2.36. The van der Waals surface area contributed by atoms with Crippen LogP contribution < -0.4 is 15.8 Å². The third-order valence-electron chi connectivity index (χ3n) is 4.45. The smallest absolute Gasteiger partial charge is 0.254 e. The predicted octanol–water partition coefficient (Wildman–Crippen LogP) is 1.59. The fourth-order valence-corrected chi connectivity index (χ4v) is 3.03. The summed E-state index contributed by atoms with van der Waals surface area (Å²) in [7, 11) is 1.62. The predicted molar refractivity (Wildman–Crippen MR) is 106 cm³/mol. The van der Waals surface area contributed by atoms with E-state index in [9.17, 15) is 9.59 Å². The van der Waals surface area contributed by atoms with E-state index in [0.29, 0.717) is 50.6 Å². The molecule has 7 nitrogen and oxygen atoms in total. The standard InChI is InChI=1S/C19H29N3O4.ClH/c1-25-12-13-26-17-7-5-15(6-8-17)19(24)22-11-3-2-4-16(22)14-21-18(23)9-10-20;/h5-8,16H,2-4,9-14,20H2,1H3,(H,21,23);1H. The Hall–Kier alpha value is -1.83. The number of benzene rings is 1. The second-order valence-electron chi connectivity index (χ2n) is 6.36. The Morgan fingerprint density at radius 3 is 2.63 bits per heavy atom. The van der Waals surface area contributed by atoms with Gasteiger partial charge in [0.2, 0.25) is 5.91 Å². The zero-order valence-electron chi connectivity index (χ0n) is 15.8. The van der Waals surface area contributed by atoms with Crippen molar-refractivity contribution in [3.63, 3.8) is 0 Å². The molecule has 1 aromatic carbocycles. The first-order chi connectivity index (χ1) is 12.7. The fourth-order valence-electron chi connectivity index (χ4n) is 3.03. The number of likely N-dealkylation sites (tertiary alicyclic amines) is 1. The summed E-state index contributed by atoms with van der Waals surface area (Å²) in [5.74, 6) is 0.636. The number of amides is 2. The lowest BCUT2D eigenvalue weighted by atomic mass is 10.0. The van der Waals surface area contributed by atoms with Crippen molar-refractivity contribution >= 4 is 24.2 Å². The largest absolute Gasteiger partial charge is 0.491 e. The minimum absolute atomic E-state index is 0. The molecule has 1 heterocycles. The zero-order valence-corrected chi connectivity index (χ0v) is 16.6. The molecule has 0 bridgehead atoms. The number of halogens is 1. The van der Waals surface area contributed by atoms with E-state index < -0.39 is 0 Å². The van der Waals surface area contributed by atoms with Crippen LogP contribution in [0.2, 0.25) is 0 Å². The summed E-state index contributed by atoms with van der Waals surface area (Å²) in [6, 6.07) is 7.18. The van der Waals surface area contributed by atoms with Crippen LogP contribution in [-0.2, 0) is 9.53 Å². The van der Waals surface area contributed by atoms with Crippen molar-refractivity contribution in [3.05, 3.63) is 29.8 Å². The first-order valence-electron chi connectivity index (χ1n) is 9.15. The summed E-state index contributed by atoms with van der Waals surface area (Å²) in [6.07, 6.45) is 3.25. The SMILES string of the molecule is COCCOc1ccc(C(=O)N2CCCCC2CNC(=O)CCN)cc1.Cl. The molecule has 0 radical (unpaired) electrons. The van der Waals surface area contributed by atoms with Gasteiger partial charge in [-0.3, -0.25) is 9.59 Å². The van der Waals surface area contributed by atoms with Gasteiger partial charge in [-0.2, -0.15) is 0 Å². The van der Waals surface area contributed by atoms with Crippen molar-refractivity contribution in [2.24, 2.45) is 5.73 Å². The van der Waals surface area contributed by atoms with Crippen LogP contribution in [0.15, 0.2) is 24.3 Å². The molecule has 1 atom stereocenters. The zero-order chi connectivity index (χ0) is 18.8. The molecule has 0 spiro atoms. The molecule has 1 saturated heterocycles. The first-order valence-corrected chi connectivity index (χ1v) is 9.15. The van der Waals surface area contributed by atoms with Crippen LogP contribution in [0.25, 0.3) is 0 Å². The summed E-state index contributed by atoms with van der Waals surface area (Å²) < 4.78 is 10.5. The van der Waals surface area contributed by atoms with Crippen LogP contribution >= 0.6 is 12.4 Å². The first kappa shape index (κ1) is 23.2. The van der Waals surface area contributed by atoms with Gasteiger partial charge in [0.25, 0.3) is 5.91 Å². The normalized spacial score (nSPS) is 16.4. The highest BCUT2D eigenvalue weighted by Gasteiger charge is 2.27. The summed E-state index contributed by atoms with van der Waals surface area (Å²) >= 11 is 0. The molecule has 1 aliphatic heterocycles. The van der Waals surface area contributed by atoms with Gasteiger partial charge in [0, 0.05) is 44.8 Å². The number of rotatable bonds is 9. The number of ether oxygens (including phenoxy) is 2. The van der Waals surface area contributed by atoms with Gasteiger partial charge in [0.05, 0.1) is 6.61 Å². The second kappa shape index (κ2) is 12.5. The molecule has 0 saturated carbocycles. The van der Waals surface area contributed by atoms with E-state index in [-0.39, 0.29) is 30.3 Å². The maximum Gasteiger partial charge on any atom is 0.254 e. The van der Waals surface area contributed by atoms with E-state index in [4.69, 9.17) is 15.2 Å². The summed E-state index contributed by atoms with van der Waals surface area (Å²) in [4.78, 5) is 26.4. The monoisotopic (exact) mass is 399 g/mol. The maximum atomic E-state index is 12.9. The molecule has 8 heteroatoms. The van der Waals surface area contributed by atoms with Crippen LogP contribution in [0.4, 0.5) is 0 Å². The summed E-state index contributed by atoms with van der Waals surface area (Å²) in [5, 5.41) is 2.88. The van der Waals surface area contributed by atoms with Gasteiger partial charge in [-0.15, -0.1) is 12.4 Å². The Morgan fingerprint density at radius 1 is 1.22 bits per heavy atom. The Bertz CT molecular complexity index is 583. The van der Waals surface area contributed by atoms with Crippen molar-refractivity contribution in [1.82, 2.24) is 10.2 Å². The lowest BCUT2D eigenvalue weighted by Crippen LogP contribution is -2.49. The topological polar surface area (TPSA) is 93.9 Å². The molecule has 3 N–H and O–H groups in total. The van der Waals surface area contributed by atoms with Crippen molar-refractivity contribution in [3.8, 4) is 5.75 Å². The van der Waals surface area contributed by atoms with Crippen LogP contribution in [0.5, 0.6) is 5.75 Å². The number of piperidine rings is 1. The minimum atomic E-state index is -0.0666. The molecular weight excluding hydrogens is 370 g/mol. The maximum absolute atomic E-state index is 12.9. The number of hydrogen-bond acceptors (Lipinski definition) is 5. The minimum Gasteiger partial charge on any atom is -0.491 e. The van der Waals surface area contributed by atoms with Crippen molar-refractivity contribution in [1.29, 1.82) is 0 Å². The van der Waals surface area contributed by atoms with E-state index in [2.05, 4.69) is 5.32 Å². The average molecular weight is 400 g/mol. The van der Waals surface area contributed by atoms with Gasteiger partial charge in [0.1, 0.15) is 12.4 Å². The van der Waals surface area contributed by atoms with Crippen molar-refractivity contribution in [2.45, 2.75) is 31.7 Å². The highest BCUT2D eigenvalue weighted by Crippen LogP contribution is 2.21. The van der Waals surface area contributed by atoms with Gasteiger partial charge in [-0.1, -0.05) is 0 Å². The third-order valence-corrected chi connectivity index (χ3v) is 4.45. The van der Waals surface area contributed by atoms with E-state index in [1.54, 1.807) is 31.4 Å². The molecule has 152 valence electrons. The van der Waals surface area contributed by atoms with Gasteiger partial charge < -0.3 is 25.4 Å². The van der Waals surface area contributed by atoms with Gasteiger partial charge in [-0.25, -0.2) is 0 Å². The number of nitrogens with zero attached hydrogens (tertiary/aromatic N) is 1. The van der Waals surface area contributed by atoms with E-state index in [0.717, 1.165) is 19.3 Å². The van der Waals surface area contributed by atoms with Crippen molar-refractivity contribution < 1.29 is 19.1 Å². The number of hydrogen-bond donors (Lipinski definition) is 2. The van der Waals surface area contributed by atoms with Crippen LogP contribution in [0.3, 0.4) is 0 Å². The molecular formula is C19H30ClN3O4. The van der Waals surface area contributed by atoms with Crippen LogP contribution in [0, 0.1) is 0 Å². The number of carbonyl (C=O) groups excluding carboxylic acids is 2. The number of nitrogens with two attached hydrogens (primary N) is 1. The Kier molecular flexibility index (Phi) is 10.8. The van der Waals surface area contributed by atoms with Gasteiger partial charge in [0.15, 0.2) is 0 Å². The van der Waals surface area contributed by atoms with E-state index >= 15 is 0 Å². The second-order valence-corrected chi connectivity index (χ2v) is 6.36. The Morgan fingerprint density at radius 2 is 1.96 bits per heavy atom. The van der Waals surface area contributed by atoms with Gasteiger partial charge in [-0.05, 0) is 43.5 Å². The average Bonchev–Trinajstić information content (AvgIpc) is 2.67. The van der Waals surface area contributed by atoms with Crippen LogP contribution in [0.1, 0.15) is 36.0 Å². The van der Waals surface area contributed by atoms with Crippen molar-refractivity contribution in [2.75, 3.05) is 40.0 Å². The number of methoxy groups -OCH3 is 1. The third kappa shape index (κ3) is 7.36. The van der Waals surface area contributed by atoms with E-state index in [1.165, 1.54) is 0 Å². The number of carbonyl (C=O) groups is 2. The lowest BCUT2D eigenvalue weighted by molar-refractivity contribution is -0.121. The highest BCUT2D eigenvalue weighted by molar-refractivity contribution is 5.94. The van der Waals surface area contributed by atoms with Gasteiger partial charge >= 0.3 is 0 Å². The highest BCUT2D eigenvalue weighted by atomic mass is 35.5. The molecule has 1 unspecified atom stereocenters. The molecule has 0 aliphatic carbocycles. The molecule has 1 fully saturated rings. The molecule has 0 aromatic heterocycles. The molecule has 1 aromatic rings. The van der Waals surface area contributed by atoms with Crippen LogP contribution in [-0.4, -0.2) is 62.7 Å². The molecule has 2 amide bonds. The van der Waals surface area contributed by atoms with E-state index in [1.807, 2.05) is 4.90 Å². The number of nitrogens with one attached hydrogen (secondary N) is 1. The Labute approximate surface area is 167 Å². The molecule has 2 rings (SSSR count).